The fraction of sp³-hybridized carbons (Fsp3) is 0.429. The van der Waals surface area contributed by atoms with Crippen LogP contribution in [0.2, 0.25) is 5.02 Å². The summed E-state index contributed by atoms with van der Waals surface area (Å²) in [5.74, 6) is -0.555. The molecule has 0 fully saturated rings. The summed E-state index contributed by atoms with van der Waals surface area (Å²) in [6.07, 6.45) is -4.64. The predicted molar refractivity (Wildman–Crippen MR) is 43.2 cm³/mol. The third-order valence-corrected chi connectivity index (χ3v) is 1.95. The summed E-state index contributed by atoms with van der Waals surface area (Å²) in [5.41, 5.74) is -1.47. The molecule has 0 spiro atoms. The first kappa shape index (κ1) is 11.0. The molecule has 78 valence electrons. The number of aromatic nitrogens is 2. The van der Waals surface area contributed by atoms with Crippen LogP contribution >= 0.6 is 11.6 Å². The Hall–Kier alpha value is -1.04. The van der Waals surface area contributed by atoms with Gasteiger partial charge in [0, 0.05) is 14.0 Å². The van der Waals surface area contributed by atoms with Gasteiger partial charge in [0.1, 0.15) is 10.7 Å². The van der Waals surface area contributed by atoms with Gasteiger partial charge >= 0.3 is 6.18 Å². The summed E-state index contributed by atoms with van der Waals surface area (Å²) in [6, 6.07) is 0. The Labute approximate surface area is 82.5 Å². The molecule has 0 N–H and O–H groups in total. The van der Waals surface area contributed by atoms with Crippen molar-refractivity contribution in [3.05, 3.63) is 16.4 Å². The maximum atomic E-state index is 12.2. The van der Waals surface area contributed by atoms with E-state index in [1.165, 1.54) is 7.05 Å². The monoisotopic (exact) mass is 226 g/mol. The smallest absolute Gasteiger partial charge is 0.293 e. The lowest BCUT2D eigenvalue weighted by atomic mass is 10.3. The van der Waals surface area contributed by atoms with Crippen molar-refractivity contribution < 1.29 is 18.0 Å². The number of aryl methyl sites for hydroxylation is 1. The zero-order valence-corrected chi connectivity index (χ0v) is 8.07. The zero-order chi connectivity index (χ0) is 11.1. The van der Waals surface area contributed by atoms with Gasteiger partial charge in [-0.15, -0.1) is 0 Å². The molecule has 0 aliphatic carbocycles. The van der Waals surface area contributed by atoms with Crippen LogP contribution in [0.5, 0.6) is 0 Å². The quantitative estimate of drug-likeness (QED) is 0.689. The third-order valence-electron chi connectivity index (χ3n) is 1.59. The molecule has 0 unspecified atom stereocenters. The second kappa shape index (κ2) is 3.27. The molecular formula is C7H6ClF3N2O. The topological polar surface area (TPSA) is 34.9 Å². The summed E-state index contributed by atoms with van der Waals surface area (Å²) in [6.45, 7) is 1.13. The maximum absolute atomic E-state index is 12.2. The van der Waals surface area contributed by atoms with E-state index in [0.717, 1.165) is 11.6 Å². The molecule has 0 aromatic carbocycles. The number of carbonyl (C=O) groups is 1. The molecule has 0 amide bonds. The Morgan fingerprint density at radius 2 is 2.00 bits per heavy atom. The Bertz CT molecular complexity index is 383. The molecule has 0 saturated heterocycles. The highest BCUT2D eigenvalue weighted by Gasteiger charge is 2.39. The lowest BCUT2D eigenvalue weighted by molar-refractivity contribution is -0.141. The highest BCUT2D eigenvalue weighted by molar-refractivity contribution is 6.34. The van der Waals surface area contributed by atoms with Crippen LogP contribution in [0.25, 0.3) is 0 Å². The number of alkyl halides is 3. The highest BCUT2D eigenvalue weighted by atomic mass is 35.5. The average Bonchev–Trinajstić information content (AvgIpc) is 2.24. The molecule has 0 bridgehead atoms. The number of nitrogens with zero attached hydrogens (tertiary/aromatic N) is 2. The largest absolute Gasteiger partial charge is 0.436 e. The normalized spacial score (nSPS) is 11.9. The van der Waals surface area contributed by atoms with Gasteiger partial charge in [0.25, 0.3) is 0 Å². The number of hydrogen-bond acceptors (Lipinski definition) is 2. The van der Waals surface area contributed by atoms with Crippen LogP contribution in [0, 0.1) is 0 Å². The number of carbonyl (C=O) groups excluding carboxylic acids is 1. The Kier molecular flexibility index (Phi) is 2.58. The molecule has 1 rings (SSSR count). The van der Waals surface area contributed by atoms with Crippen LogP contribution < -0.4 is 0 Å². The van der Waals surface area contributed by atoms with Crippen molar-refractivity contribution in [1.29, 1.82) is 0 Å². The summed E-state index contributed by atoms with van der Waals surface area (Å²) in [5, 5.41) is 2.50. The minimum atomic E-state index is -4.64. The molecule has 7 heteroatoms. The number of halogens is 4. The molecule has 14 heavy (non-hydrogen) atoms. The molecular weight excluding hydrogens is 221 g/mol. The van der Waals surface area contributed by atoms with E-state index in [4.69, 9.17) is 11.6 Å². The SMILES string of the molecule is CC(=O)c1c(Cl)c(C(F)(F)F)nn1C. The van der Waals surface area contributed by atoms with Crippen molar-refractivity contribution in [3.8, 4) is 0 Å². The summed E-state index contributed by atoms with van der Waals surface area (Å²) in [7, 11) is 1.23. The van der Waals surface area contributed by atoms with E-state index in [1.54, 1.807) is 0 Å². The van der Waals surface area contributed by atoms with Crippen LogP contribution in [-0.4, -0.2) is 15.6 Å². The first-order valence-corrected chi connectivity index (χ1v) is 3.93. The van der Waals surface area contributed by atoms with Crippen molar-refractivity contribution in [1.82, 2.24) is 9.78 Å². The molecule has 0 aliphatic rings. The lowest BCUT2D eigenvalue weighted by Crippen LogP contribution is -2.07. The van der Waals surface area contributed by atoms with E-state index < -0.39 is 22.7 Å². The molecule has 1 heterocycles. The predicted octanol–water partition coefficient (Wildman–Crippen LogP) is 2.29. The standard InChI is InChI=1S/C7H6ClF3N2O/c1-3(14)5-4(8)6(7(9,10)11)12-13(5)2/h1-2H3. The van der Waals surface area contributed by atoms with Crippen LogP contribution in [0.1, 0.15) is 23.1 Å². The van der Waals surface area contributed by atoms with Gasteiger partial charge in [-0.25, -0.2) is 0 Å². The number of Topliss-reactive ketones (excluding diaryl/α,β-unsaturated/α-hetero) is 1. The molecule has 1 aromatic heterocycles. The van der Waals surface area contributed by atoms with Crippen LogP contribution in [-0.2, 0) is 13.2 Å². The van der Waals surface area contributed by atoms with E-state index in [1.807, 2.05) is 0 Å². The fourth-order valence-corrected chi connectivity index (χ4v) is 1.46. The van der Waals surface area contributed by atoms with Gasteiger partial charge in [0.15, 0.2) is 11.5 Å². The molecule has 1 aromatic rings. The van der Waals surface area contributed by atoms with Gasteiger partial charge < -0.3 is 0 Å². The fourth-order valence-electron chi connectivity index (χ4n) is 1.06. The second-order valence-electron chi connectivity index (χ2n) is 2.69. The summed E-state index contributed by atoms with van der Waals surface area (Å²) >= 11 is 5.39. The maximum Gasteiger partial charge on any atom is 0.436 e. The van der Waals surface area contributed by atoms with E-state index >= 15 is 0 Å². The Morgan fingerprint density at radius 1 is 1.50 bits per heavy atom. The van der Waals surface area contributed by atoms with E-state index in [0.29, 0.717) is 0 Å². The summed E-state index contributed by atoms with van der Waals surface area (Å²) < 4.78 is 37.5. The molecule has 0 radical (unpaired) electrons. The van der Waals surface area contributed by atoms with Gasteiger partial charge in [-0.05, 0) is 0 Å². The lowest BCUT2D eigenvalue weighted by Gasteiger charge is -2.00. The first-order chi connectivity index (χ1) is 6.25. The number of ketones is 1. The Balaban J connectivity index is 3.39. The van der Waals surface area contributed by atoms with Crippen LogP contribution in [0.3, 0.4) is 0 Å². The first-order valence-electron chi connectivity index (χ1n) is 3.55. The minimum Gasteiger partial charge on any atom is -0.293 e. The van der Waals surface area contributed by atoms with Crippen molar-refractivity contribution >= 4 is 17.4 Å². The molecule has 0 aliphatic heterocycles. The van der Waals surface area contributed by atoms with Crippen molar-refractivity contribution in [2.45, 2.75) is 13.1 Å². The Morgan fingerprint density at radius 3 is 2.21 bits per heavy atom. The van der Waals surface area contributed by atoms with Gasteiger partial charge in [0.2, 0.25) is 0 Å². The number of hydrogen-bond donors (Lipinski definition) is 0. The third kappa shape index (κ3) is 1.75. The summed E-state index contributed by atoms with van der Waals surface area (Å²) in [4.78, 5) is 10.9. The van der Waals surface area contributed by atoms with E-state index in [2.05, 4.69) is 5.10 Å². The second-order valence-corrected chi connectivity index (χ2v) is 3.07. The van der Waals surface area contributed by atoms with Gasteiger partial charge in [0.05, 0.1) is 0 Å². The van der Waals surface area contributed by atoms with Gasteiger partial charge in [-0.3, -0.25) is 9.48 Å². The zero-order valence-electron chi connectivity index (χ0n) is 7.31. The number of rotatable bonds is 1. The van der Waals surface area contributed by atoms with E-state index in [9.17, 15) is 18.0 Å². The van der Waals surface area contributed by atoms with Gasteiger partial charge in [-0.1, -0.05) is 11.6 Å². The van der Waals surface area contributed by atoms with Gasteiger partial charge in [-0.2, -0.15) is 18.3 Å². The molecule has 0 atom stereocenters. The highest BCUT2D eigenvalue weighted by Crippen LogP contribution is 2.35. The molecule has 3 nitrogen and oxygen atoms in total. The average molecular weight is 227 g/mol. The van der Waals surface area contributed by atoms with E-state index in [-0.39, 0.29) is 5.69 Å². The van der Waals surface area contributed by atoms with Crippen molar-refractivity contribution in [2.24, 2.45) is 7.05 Å². The molecule has 0 saturated carbocycles. The minimum absolute atomic E-state index is 0.237. The van der Waals surface area contributed by atoms with Crippen LogP contribution in [0.15, 0.2) is 0 Å². The van der Waals surface area contributed by atoms with Crippen molar-refractivity contribution in [3.63, 3.8) is 0 Å². The van der Waals surface area contributed by atoms with Crippen LogP contribution in [0.4, 0.5) is 13.2 Å². The van der Waals surface area contributed by atoms with Crippen molar-refractivity contribution in [2.75, 3.05) is 0 Å².